The quantitative estimate of drug-likeness (QED) is 0.786. The molecule has 0 unspecified atom stereocenters. The molecule has 1 heterocycles. The standard InChI is InChI=1S/C17H14F2N2O/c1-21(10-11-3-2-4-13(18)7-11)17(22)16-9-12-8-14(19)5-6-15(12)20-16/h2-9,20H,10H2,1H3. The highest BCUT2D eigenvalue weighted by molar-refractivity contribution is 5.97. The molecule has 3 nitrogen and oxygen atoms in total. The van der Waals surface area contributed by atoms with Crippen LogP contribution in [0.2, 0.25) is 0 Å². The van der Waals surface area contributed by atoms with Gasteiger partial charge in [-0.25, -0.2) is 8.78 Å². The molecule has 112 valence electrons. The Bertz CT molecular complexity index is 842. The van der Waals surface area contributed by atoms with Crippen LogP contribution in [-0.2, 0) is 6.54 Å². The Morgan fingerprint density at radius 3 is 2.64 bits per heavy atom. The number of halogens is 2. The summed E-state index contributed by atoms with van der Waals surface area (Å²) in [7, 11) is 1.64. The molecule has 1 aromatic heterocycles. The predicted octanol–water partition coefficient (Wildman–Crippen LogP) is 3.72. The highest BCUT2D eigenvalue weighted by Crippen LogP contribution is 2.18. The van der Waals surface area contributed by atoms with E-state index in [0.717, 1.165) is 0 Å². The summed E-state index contributed by atoms with van der Waals surface area (Å²) in [5, 5.41) is 0.641. The van der Waals surface area contributed by atoms with Crippen molar-refractivity contribution in [2.24, 2.45) is 0 Å². The van der Waals surface area contributed by atoms with Gasteiger partial charge in [0.05, 0.1) is 0 Å². The normalized spacial score (nSPS) is 10.9. The number of fused-ring (bicyclic) bond motifs is 1. The van der Waals surface area contributed by atoms with Gasteiger partial charge in [-0.3, -0.25) is 4.79 Å². The predicted molar refractivity (Wildman–Crippen MR) is 80.5 cm³/mol. The Labute approximate surface area is 126 Å². The van der Waals surface area contributed by atoms with Crippen LogP contribution in [0.5, 0.6) is 0 Å². The van der Waals surface area contributed by atoms with Crippen molar-refractivity contribution < 1.29 is 13.6 Å². The van der Waals surface area contributed by atoms with Crippen LogP contribution in [0.15, 0.2) is 48.5 Å². The summed E-state index contributed by atoms with van der Waals surface area (Å²) < 4.78 is 26.4. The maximum absolute atomic E-state index is 13.2. The van der Waals surface area contributed by atoms with E-state index in [1.807, 2.05) is 0 Å². The maximum atomic E-state index is 13.2. The molecule has 3 aromatic rings. The first-order valence-electron chi connectivity index (χ1n) is 6.81. The number of rotatable bonds is 3. The third kappa shape index (κ3) is 2.83. The highest BCUT2D eigenvalue weighted by Gasteiger charge is 2.15. The second kappa shape index (κ2) is 5.60. The summed E-state index contributed by atoms with van der Waals surface area (Å²) in [6.45, 7) is 0.292. The molecule has 0 aliphatic rings. The number of aromatic amines is 1. The van der Waals surface area contributed by atoms with Gasteiger partial charge in [0.1, 0.15) is 17.3 Å². The zero-order chi connectivity index (χ0) is 15.7. The molecule has 0 radical (unpaired) electrons. The average Bonchev–Trinajstić information content (AvgIpc) is 2.89. The lowest BCUT2D eigenvalue weighted by molar-refractivity contribution is 0.0780. The molecule has 1 N–H and O–H groups in total. The fourth-order valence-electron chi connectivity index (χ4n) is 2.41. The van der Waals surface area contributed by atoms with E-state index in [9.17, 15) is 13.6 Å². The molecule has 0 saturated heterocycles. The molecular weight excluding hydrogens is 286 g/mol. The average molecular weight is 300 g/mol. The fourth-order valence-corrected chi connectivity index (χ4v) is 2.41. The first-order chi connectivity index (χ1) is 10.5. The Morgan fingerprint density at radius 2 is 1.86 bits per heavy atom. The Kier molecular flexibility index (Phi) is 3.63. The zero-order valence-electron chi connectivity index (χ0n) is 11.9. The molecule has 0 aliphatic carbocycles. The number of nitrogens with one attached hydrogen (secondary N) is 1. The van der Waals surface area contributed by atoms with Crippen LogP contribution >= 0.6 is 0 Å². The Hall–Kier alpha value is -2.69. The molecule has 1 amide bonds. The van der Waals surface area contributed by atoms with E-state index in [2.05, 4.69) is 4.98 Å². The molecule has 0 saturated carbocycles. The number of nitrogens with zero attached hydrogens (tertiary/aromatic N) is 1. The maximum Gasteiger partial charge on any atom is 0.270 e. The minimum Gasteiger partial charge on any atom is -0.351 e. The minimum atomic E-state index is -0.349. The van der Waals surface area contributed by atoms with E-state index in [1.54, 1.807) is 31.3 Å². The number of benzene rings is 2. The molecule has 5 heteroatoms. The Morgan fingerprint density at radius 1 is 1.09 bits per heavy atom. The van der Waals surface area contributed by atoms with Gasteiger partial charge < -0.3 is 9.88 Å². The van der Waals surface area contributed by atoms with Gasteiger partial charge in [0.25, 0.3) is 5.91 Å². The number of carbonyl (C=O) groups excluding carboxylic acids is 1. The van der Waals surface area contributed by atoms with Crippen LogP contribution in [0.4, 0.5) is 8.78 Å². The Balaban J connectivity index is 1.82. The van der Waals surface area contributed by atoms with E-state index in [1.165, 1.54) is 29.2 Å². The number of hydrogen-bond acceptors (Lipinski definition) is 1. The van der Waals surface area contributed by atoms with Gasteiger partial charge in [-0.2, -0.15) is 0 Å². The highest BCUT2D eigenvalue weighted by atomic mass is 19.1. The summed E-state index contributed by atoms with van der Waals surface area (Å²) in [5.74, 6) is -0.918. The van der Waals surface area contributed by atoms with E-state index in [0.29, 0.717) is 28.7 Å². The van der Waals surface area contributed by atoms with Crippen molar-refractivity contribution in [3.63, 3.8) is 0 Å². The summed E-state index contributed by atoms with van der Waals surface area (Å²) in [6, 6.07) is 12.0. The lowest BCUT2D eigenvalue weighted by Gasteiger charge is -2.16. The van der Waals surface area contributed by atoms with E-state index in [-0.39, 0.29) is 17.5 Å². The van der Waals surface area contributed by atoms with Crippen LogP contribution in [0.3, 0.4) is 0 Å². The number of H-pyrrole nitrogens is 1. The topological polar surface area (TPSA) is 36.1 Å². The van der Waals surface area contributed by atoms with Crippen molar-refractivity contribution in [1.82, 2.24) is 9.88 Å². The SMILES string of the molecule is CN(Cc1cccc(F)c1)C(=O)c1cc2cc(F)ccc2[nH]1. The summed E-state index contributed by atoms with van der Waals surface area (Å²) in [4.78, 5) is 16.8. The monoisotopic (exact) mass is 300 g/mol. The van der Waals surface area contributed by atoms with Crippen molar-refractivity contribution in [2.45, 2.75) is 6.54 Å². The molecule has 2 aromatic carbocycles. The van der Waals surface area contributed by atoms with Crippen molar-refractivity contribution in [3.05, 3.63) is 71.4 Å². The van der Waals surface area contributed by atoms with Gasteiger partial charge in [-0.1, -0.05) is 12.1 Å². The summed E-state index contributed by atoms with van der Waals surface area (Å²) in [6.07, 6.45) is 0. The van der Waals surface area contributed by atoms with Crippen molar-refractivity contribution in [3.8, 4) is 0 Å². The molecule has 22 heavy (non-hydrogen) atoms. The van der Waals surface area contributed by atoms with Crippen molar-refractivity contribution in [1.29, 1.82) is 0 Å². The number of carbonyl (C=O) groups is 1. The van der Waals surface area contributed by atoms with Crippen molar-refractivity contribution >= 4 is 16.8 Å². The van der Waals surface area contributed by atoms with Gasteiger partial charge >= 0.3 is 0 Å². The second-order valence-electron chi connectivity index (χ2n) is 5.21. The number of aromatic nitrogens is 1. The van der Waals surface area contributed by atoms with E-state index >= 15 is 0 Å². The molecule has 0 spiro atoms. The van der Waals surface area contributed by atoms with Crippen LogP contribution in [0, 0.1) is 11.6 Å². The number of amides is 1. The van der Waals surface area contributed by atoms with Crippen molar-refractivity contribution in [2.75, 3.05) is 7.05 Å². The van der Waals surface area contributed by atoms with E-state index < -0.39 is 0 Å². The lowest BCUT2D eigenvalue weighted by Crippen LogP contribution is -2.26. The molecule has 0 bridgehead atoms. The van der Waals surface area contributed by atoms with Gasteiger partial charge in [0, 0.05) is 24.5 Å². The summed E-state index contributed by atoms with van der Waals surface area (Å²) in [5.41, 5.74) is 1.78. The van der Waals surface area contributed by atoms with Crippen LogP contribution in [-0.4, -0.2) is 22.8 Å². The van der Waals surface area contributed by atoms with Crippen LogP contribution in [0.25, 0.3) is 10.9 Å². The molecule has 0 aliphatic heterocycles. The van der Waals surface area contributed by atoms with E-state index in [4.69, 9.17) is 0 Å². The minimum absolute atomic E-state index is 0.235. The fraction of sp³-hybridized carbons (Fsp3) is 0.118. The van der Waals surface area contributed by atoms with Gasteiger partial charge in [0.15, 0.2) is 0 Å². The molecule has 0 fully saturated rings. The largest absolute Gasteiger partial charge is 0.351 e. The van der Waals surface area contributed by atoms with Crippen LogP contribution < -0.4 is 0 Å². The molecule has 3 rings (SSSR count). The molecule has 0 atom stereocenters. The zero-order valence-corrected chi connectivity index (χ0v) is 11.9. The first-order valence-corrected chi connectivity index (χ1v) is 6.81. The van der Waals surface area contributed by atoms with Crippen LogP contribution in [0.1, 0.15) is 16.1 Å². The second-order valence-corrected chi connectivity index (χ2v) is 5.21. The number of hydrogen-bond donors (Lipinski definition) is 1. The lowest BCUT2D eigenvalue weighted by atomic mass is 10.2. The molecular formula is C17H14F2N2O. The first kappa shape index (κ1) is 14.3. The van der Waals surface area contributed by atoms with Gasteiger partial charge in [0.2, 0.25) is 0 Å². The third-order valence-electron chi connectivity index (χ3n) is 3.47. The smallest absolute Gasteiger partial charge is 0.270 e. The van der Waals surface area contributed by atoms with Gasteiger partial charge in [-0.05, 0) is 42.0 Å². The summed E-state index contributed by atoms with van der Waals surface area (Å²) >= 11 is 0. The van der Waals surface area contributed by atoms with Gasteiger partial charge in [-0.15, -0.1) is 0 Å². The third-order valence-corrected chi connectivity index (χ3v) is 3.47.